The van der Waals surface area contributed by atoms with Gasteiger partial charge in [0.25, 0.3) is 0 Å². The molecular formula is C25H33FN2O3. The minimum absolute atomic E-state index is 0.108. The highest BCUT2D eigenvalue weighted by Gasteiger charge is 2.27. The highest BCUT2D eigenvalue weighted by molar-refractivity contribution is 5.54. The first-order chi connectivity index (χ1) is 15.1. The molecule has 168 valence electrons. The Morgan fingerprint density at radius 1 is 1.19 bits per heavy atom. The average Bonchev–Trinajstić information content (AvgIpc) is 2.81. The van der Waals surface area contributed by atoms with E-state index in [1.807, 2.05) is 18.2 Å². The van der Waals surface area contributed by atoms with Gasteiger partial charge in [-0.1, -0.05) is 36.4 Å². The zero-order chi connectivity index (χ0) is 22.1. The van der Waals surface area contributed by atoms with Crippen molar-refractivity contribution >= 4 is 6.41 Å². The maximum atomic E-state index is 13.0. The first kappa shape index (κ1) is 23.4. The Labute approximate surface area is 184 Å². The molecule has 2 aromatic carbocycles. The van der Waals surface area contributed by atoms with Crippen LogP contribution in [0.3, 0.4) is 0 Å². The lowest BCUT2D eigenvalue weighted by Gasteiger charge is -2.35. The fourth-order valence-corrected chi connectivity index (χ4v) is 4.12. The Kier molecular flexibility index (Phi) is 9.00. The van der Waals surface area contributed by atoms with Crippen LogP contribution < -0.4 is 5.32 Å². The van der Waals surface area contributed by atoms with Crippen molar-refractivity contribution < 1.29 is 18.7 Å². The molecule has 1 N–H and O–H groups in total. The van der Waals surface area contributed by atoms with Crippen LogP contribution in [0.5, 0.6) is 0 Å². The van der Waals surface area contributed by atoms with Crippen molar-refractivity contribution in [3.8, 4) is 0 Å². The lowest BCUT2D eigenvalue weighted by atomic mass is 9.88. The summed E-state index contributed by atoms with van der Waals surface area (Å²) < 4.78 is 23.5. The predicted octanol–water partition coefficient (Wildman–Crippen LogP) is 3.72. The molecule has 4 rings (SSSR count). The van der Waals surface area contributed by atoms with E-state index in [9.17, 15) is 9.18 Å². The van der Waals surface area contributed by atoms with Gasteiger partial charge in [-0.3, -0.25) is 4.79 Å². The lowest BCUT2D eigenvalue weighted by Crippen LogP contribution is -2.40. The molecule has 0 aliphatic carbocycles. The van der Waals surface area contributed by atoms with Crippen LogP contribution in [0, 0.1) is 5.82 Å². The van der Waals surface area contributed by atoms with E-state index in [1.54, 1.807) is 24.1 Å². The van der Waals surface area contributed by atoms with Crippen molar-refractivity contribution in [3.05, 3.63) is 71.0 Å². The maximum Gasteiger partial charge on any atom is 0.210 e. The molecule has 1 saturated heterocycles. The number of carbonyl (C=O) groups excluding carboxylic acids is 1. The van der Waals surface area contributed by atoms with Crippen molar-refractivity contribution in [2.75, 3.05) is 33.4 Å². The number of rotatable bonds is 6. The van der Waals surface area contributed by atoms with Gasteiger partial charge in [-0.25, -0.2) is 4.39 Å². The Morgan fingerprint density at radius 2 is 1.97 bits per heavy atom. The number of methoxy groups -OCH3 is 1. The van der Waals surface area contributed by atoms with Gasteiger partial charge in [0.2, 0.25) is 6.41 Å². The molecule has 2 aromatic rings. The summed E-state index contributed by atoms with van der Waals surface area (Å²) in [6.45, 7) is 5.39. The standard InChI is InChI=1S/C16H14FNO.C9H19NO2/c17-14-7-5-13(6-8-14)16-15-4-2-1-3-12(15)9-10-18(16)11-19;1-8-3-4-9(7-12-8)10-5-6-11-2/h1-8,11,16H,9-10H2;8-10H,3-7H2,1-2H3/t16-;8-,9+/m01/s1. The van der Waals surface area contributed by atoms with Crippen molar-refractivity contribution in [1.29, 1.82) is 0 Å². The third kappa shape index (κ3) is 6.60. The van der Waals surface area contributed by atoms with E-state index >= 15 is 0 Å². The summed E-state index contributed by atoms with van der Waals surface area (Å²) in [5.41, 5.74) is 3.34. The van der Waals surface area contributed by atoms with Gasteiger partial charge in [0.1, 0.15) is 5.82 Å². The molecule has 0 spiro atoms. The fourth-order valence-electron chi connectivity index (χ4n) is 4.12. The van der Waals surface area contributed by atoms with Crippen molar-refractivity contribution in [2.45, 2.75) is 44.4 Å². The molecule has 31 heavy (non-hydrogen) atoms. The summed E-state index contributed by atoms with van der Waals surface area (Å²) in [5.74, 6) is -0.259. The van der Waals surface area contributed by atoms with Crippen molar-refractivity contribution in [2.24, 2.45) is 0 Å². The summed E-state index contributed by atoms with van der Waals surface area (Å²) >= 11 is 0. The van der Waals surface area contributed by atoms with Crippen LogP contribution in [-0.4, -0.2) is 56.9 Å². The maximum absolute atomic E-state index is 13.0. The summed E-state index contributed by atoms with van der Waals surface area (Å²) in [6.07, 6.45) is 4.59. The molecule has 3 atom stereocenters. The SMILES string of the molecule is COCCN[C@H]1CC[C@@H](C)OC1.O=CN1CCc2ccccc2[C@@H]1c1ccc(F)cc1. The molecule has 5 nitrogen and oxygen atoms in total. The number of amides is 1. The molecule has 1 amide bonds. The van der Waals surface area contributed by atoms with Crippen LogP contribution in [0.15, 0.2) is 48.5 Å². The van der Waals surface area contributed by atoms with Gasteiger partial charge in [0, 0.05) is 26.2 Å². The monoisotopic (exact) mass is 428 g/mol. The Balaban J connectivity index is 0.000000196. The number of carbonyl (C=O) groups is 1. The highest BCUT2D eigenvalue weighted by Crippen LogP contribution is 2.34. The van der Waals surface area contributed by atoms with Gasteiger partial charge in [-0.15, -0.1) is 0 Å². The Hall–Kier alpha value is -2.28. The molecule has 0 bridgehead atoms. The van der Waals surface area contributed by atoms with Gasteiger partial charge >= 0.3 is 0 Å². The molecular weight excluding hydrogens is 395 g/mol. The Morgan fingerprint density at radius 3 is 2.65 bits per heavy atom. The van der Waals surface area contributed by atoms with Gasteiger partial charge in [0.05, 0.1) is 25.4 Å². The van der Waals surface area contributed by atoms with Crippen LogP contribution in [0.2, 0.25) is 0 Å². The third-order valence-corrected chi connectivity index (χ3v) is 5.88. The molecule has 6 heteroatoms. The van der Waals surface area contributed by atoms with Gasteiger partial charge in [-0.2, -0.15) is 0 Å². The van der Waals surface area contributed by atoms with Crippen LogP contribution in [-0.2, 0) is 20.7 Å². The van der Waals surface area contributed by atoms with E-state index in [-0.39, 0.29) is 11.9 Å². The summed E-state index contributed by atoms with van der Waals surface area (Å²) in [7, 11) is 1.72. The predicted molar refractivity (Wildman–Crippen MR) is 119 cm³/mol. The van der Waals surface area contributed by atoms with Gasteiger partial charge < -0.3 is 19.7 Å². The lowest BCUT2D eigenvalue weighted by molar-refractivity contribution is -0.119. The molecule has 2 aliphatic rings. The molecule has 2 heterocycles. The van der Waals surface area contributed by atoms with Crippen LogP contribution >= 0.6 is 0 Å². The first-order valence-electron chi connectivity index (χ1n) is 11.0. The summed E-state index contributed by atoms with van der Waals surface area (Å²) in [5, 5.41) is 3.39. The number of ether oxygens (including phenoxy) is 2. The second-order valence-electron chi connectivity index (χ2n) is 8.11. The first-order valence-corrected chi connectivity index (χ1v) is 11.0. The molecule has 2 aliphatic heterocycles. The molecule has 1 fully saturated rings. The molecule has 0 saturated carbocycles. The average molecular weight is 429 g/mol. The quantitative estimate of drug-likeness (QED) is 0.563. The summed E-state index contributed by atoms with van der Waals surface area (Å²) in [4.78, 5) is 13.0. The topological polar surface area (TPSA) is 50.8 Å². The van der Waals surface area contributed by atoms with E-state index in [1.165, 1.54) is 30.5 Å². The van der Waals surface area contributed by atoms with Crippen molar-refractivity contribution in [1.82, 2.24) is 10.2 Å². The fraction of sp³-hybridized carbons (Fsp3) is 0.480. The molecule has 0 unspecified atom stereocenters. The number of hydrogen-bond acceptors (Lipinski definition) is 4. The van der Waals surface area contributed by atoms with E-state index in [0.29, 0.717) is 18.7 Å². The van der Waals surface area contributed by atoms with Crippen LogP contribution in [0.4, 0.5) is 4.39 Å². The normalized spacial score (nSPS) is 22.8. The zero-order valence-corrected chi connectivity index (χ0v) is 18.4. The van der Waals surface area contributed by atoms with E-state index in [4.69, 9.17) is 9.47 Å². The van der Waals surface area contributed by atoms with Crippen LogP contribution in [0.25, 0.3) is 0 Å². The number of nitrogens with zero attached hydrogens (tertiary/aromatic N) is 1. The smallest absolute Gasteiger partial charge is 0.210 e. The minimum atomic E-state index is -0.259. The largest absolute Gasteiger partial charge is 0.383 e. The number of benzene rings is 2. The van der Waals surface area contributed by atoms with Crippen molar-refractivity contribution in [3.63, 3.8) is 0 Å². The van der Waals surface area contributed by atoms with E-state index in [2.05, 4.69) is 18.3 Å². The third-order valence-electron chi connectivity index (χ3n) is 5.88. The second-order valence-corrected chi connectivity index (χ2v) is 8.11. The van der Waals surface area contributed by atoms with Gasteiger partial charge in [-0.05, 0) is 55.0 Å². The zero-order valence-electron chi connectivity index (χ0n) is 18.4. The number of hydrogen-bond donors (Lipinski definition) is 1. The molecule has 0 aromatic heterocycles. The highest BCUT2D eigenvalue weighted by atomic mass is 19.1. The number of nitrogens with one attached hydrogen (secondary N) is 1. The number of fused-ring (bicyclic) bond motifs is 1. The van der Waals surface area contributed by atoms with E-state index in [0.717, 1.165) is 43.7 Å². The summed E-state index contributed by atoms with van der Waals surface area (Å²) in [6, 6.07) is 14.9. The van der Waals surface area contributed by atoms with E-state index < -0.39 is 0 Å². The minimum Gasteiger partial charge on any atom is -0.383 e. The molecule has 0 radical (unpaired) electrons. The Bertz CT molecular complexity index is 807. The van der Waals surface area contributed by atoms with Gasteiger partial charge in [0.15, 0.2) is 0 Å². The second kappa shape index (κ2) is 11.9. The number of halogens is 1. The van der Waals surface area contributed by atoms with Crippen LogP contribution in [0.1, 0.15) is 42.5 Å².